The zero-order valence-corrected chi connectivity index (χ0v) is 21.4. The van der Waals surface area contributed by atoms with Crippen molar-refractivity contribution in [1.29, 1.82) is 0 Å². The highest BCUT2D eigenvalue weighted by Gasteiger charge is 2.52. The van der Waals surface area contributed by atoms with Gasteiger partial charge in [0.2, 0.25) is 0 Å². The van der Waals surface area contributed by atoms with E-state index in [9.17, 15) is 9.90 Å². The van der Waals surface area contributed by atoms with Gasteiger partial charge in [0.15, 0.2) is 0 Å². The summed E-state index contributed by atoms with van der Waals surface area (Å²) in [6.45, 7) is 16.8. The highest BCUT2D eigenvalue weighted by Crippen LogP contribution is 2.37. The molecule has 180 valence electrons. The van der Waals surface area contributed by atoms with E-state index in [1.807, 2.05) is 72.7 Å². The van der Waals surface area contributed by atoms with E-state index in [1.54, 1.807) is 0 Å². The third-order valence-electron chi connectivity index (χ3n) is 7.19. The van der Waals surface area contributed by atoms with Gasteiger partial charge < -0.3 is 19.2 Å². The summed E-state index contributed by atoms with van der Waals surface area (Å²) in [5.41, 5.74) is 0.0198. The van der Waals surface area contributed by atoms with Gasteiger partial charge in [-0.1, -0.05) is 57.9 Å². The van der Waals surface area contributed by atoms with Crippen LogP contribution in [0.3, 0.4) is 0 Å². The molecule has 1 fully saturated rings. The Morgan fingerprint density at radius 1 is 1.06 bits per heavy atom. The Hall–Kier alpha value is -1.37. The predicted octanol–water partition coefficient (Wildman–Crippen LogP) is 4.78. The van der Waals surface area contributed by atoms with Gasteiger partial charge in [0.1, 0.15) is 0 Å². The molecule has 1 aliphatic rings. The summed E-state index contributed by atoms with van der Waals surface area (Å²) in [5.74, 6) is -0.196. The zero-order valence-electron chi connectivity index (χ0n) is 21.4. The molecule has 2 rings (SSSR count). The Morgan fingerprint density at radius 2 is 1.69 bits per heavy atom. The monoisotopic (exact) mass is 446 g/mol. The van der Waals surface area contributed by atoms with E-state index in [-0.39, 0.29) is 18.0 Å². The normalized spacial score (nSPS) is 19.6. The third kappa shape index (κ3) is 6.15. The van der Waals surface area contributed by atoms with Crippen LogP contribution in [-0.2, 0) is 24.3 Å². The topological polar surface area (TPSA) is 65.0 Å². The van der Waals surface area contributed by atoms with Gasteiger partial charge in [0.25, 0.3) is 0 Å². The first-order valence-corrected chi connectivity index (χ1v) is 12.0. The second kappa shape index (κ2) is 10.3. The molecule has 6 heteroatoms. The number of unbranched alkanes of at least 4 members (excludes halogenated alkanes) is 1. The highest BCUT2D eigenvalue weighted by molar-refractivity contribution is 6.62. The van der Waals surface area contributed by atoms with Crippen LogP contribution in [0, 0.1) is 5.41 Å². The Labute approximate surface area is 195 Å². The molecule has 1 atom stereocenters. The molecule has 1 aromatic rings. The second-order valence-electron chi connectivity index (χ2n) is 11.2. The number of aliphatic hydroxyl groups is 1. The van der Waals surface area contributed by atoms with Crippen molar-refractivity contribution in [1.82, 2.24) is 0 Å². The molecule has 0 radical (unpaired) electrons. The number of aliphatic hydroxyl groups excluding tert-OH is 1. The van der Waals surface area contributed by atoms with Crippen molar-refractivity contribution >= 4 is 18.6 Å². The summed E-state index contributed by atoms with van der Waals surface area (Å²) in [6.07, 6.45) is 4.12. The molecule has 5 nitrogen and oxygen atoms in total. The maximum absolute atomic E-state index is 13.3. The molecule has 0 aromatic heterocycles. The van der Waals surface area contributed by atoms with Crippen molar-refractivity contribution in [3.05, 3.63) is 29.8 Å². The fraction of sp³-hybridized carbons (Fsp3) is 0.731. The molecule has 0 spiro atoms. The first kappa shape index (κ1) is 26.9. The quantitative estimate of drug-likeness (QED) is 0.301. The van der Waals surface area contributed by atoms with Gasteiger partial charge in [0.05, 0.1) is 23.2 Å². The summed E-state index contributed by atoms with van der Waals surface area (Å²) >= 11 is 0. The molecule has 1 saturated heterocycles. The van der Waals surface area contributed by atoms with Crippen LogP contribution in [0.25, 0.3) is 0 Å². The maximum Gasteiger partial charge on any atom is 0.494 e. The zero-order chi connectivity index (χ0) is 24.2. The Morgan fingerprint density at radius 3 is 2.25 bits per heavy atom. The minimum Gasteiger partial charge on any atom is -0.465 e. The number of ether oxygens (including phenoxy) is 1. The minimum atomic E-state index is -0.779. The fourth-order valence-corrected chi connectivity index (χ4v) is 3.84. The van der Waals surface area contributed by atoms with E-state index in [0.29, 0.717) is 13.0 Å². The van der Waals surface area contributed by atoms with Crippen LogP contribution in [0.15, 0.2) is 24.3 Å². The molecule has 32 heavy (non-hydrogen) atoms. The van der Waals surface area contributed by atoms with E-state index < -0.39 is 23.7 Å². The van der Waals surface area contributed by atoms with Crippen molar-refractivity contribution in [3.63, 3.8) is 0 Å². The molecular formula is C26H43BO5. The van der Waals surface area contributed by atoms with Crippen LogP contribution in [0.2, 0.25) is 0 Å². The van der Waals surface area contributed by atoms with Gasteiger partial charge in [0, 0.05) is 6.61 Å². The maximum atomic E-state index is 13.3. The number of carbonyl (C=O) groups excluding carboxylic acids is 1. The Kier molecular flexibility index (Phi) is 8.63. The summed E-state index contributed by atoms with van der Waals surface area (Å²) in [5, 5.41) is 9.62. The summed E-state index contributed by atoms with van der Waals surface area (Å²) in [6, 6.07) is 7.97. The van der Waals surface area contributed by atoms with Crippen molar-refractivity contribution in [2.24, 2.45) is 5.41 Å². The number of hydrogen-bond donors (Lipinski definition) is 1. The Balaban J connectivity index is 2.30. The largest absolute Gasteiger partial charge is 0.494 e. The van der Waals surface area contributed by atoms with Crippen LogP contribution in [0.4, 0.5) is 0 Å². The van der Waals surface area contributed by atoms with Crippen LogP contribution >= 0.6 is 0 Å². The highest BCUT2D eigenvalue weighted by atomic mass is 16.7. The second-order valence-corrected chi connectivity index (χ2v) is 11.2. The van der Waals surface area contributed by atoms with E-state index in [2.05, 4.69) is 6.92 Å². The fourth-order valence-electron chi connectivity index (χ4n) is 3.84. The molecule has 1 aliphatic heterocycles. The van der Waals surface area contributed by atoms with Crippen LogP contribution in [0.1, 0.15) is 93.1 Å². The molecule has 1 aromatic carbocycles. The average molecular weight is 446 g/mol. The van der Waals surface area contributed by atoms with Gasteiger partial charge in [-0.3, -0.25) is 4.79 Å². The van der Waals surface area contributed by atoms with E-state index >= 15 is 0 Å². The summed E-state index contributed by atoms with van der Waals surface area (Å²) in [7, 11) is -0.478. The number of rotatable bonds is 11. The first-order valence-electron chi connectivity index (χ1n) is 12.0. The lowest BCUT2D eigenvalue weighted by Crippen LogP contribution is -2.41. The molecule has 1 N–H and O–H groups in total. The van der Waals surface area contributed by atoms with Gasteiger partial charge in [-0.25, -0.2) is 0 Å². The third-order valence-corrected chi connectivity index (χ3v) is 7.19. The van der Waals surface area contributed by atoms with Gasteiger partial charge in [-0.05, 0) is 70.3 Å². The van der Waals surface area contributed by atoms with Gasteiger partial charge in [-0.15, -0.1) is 0 Å². The van der Waals surface area contributed by atoms with Crippen LogP contribution in [-0.4, -0.2) is 42.6 Å². The molecule has 0 saturated carbocycles. The van der Waals surface area contributed by atoms with Crippen molar-refractivity contribution in [3.8, 4) is 0 Å². The lowest BCUT2D eigenvalue weighted by molar-refractivity contribution is -0.150. The summed E-state index contributed by atoms with van der Waals surface area (Å²) < 4.78 is 18.2. The Bertz CT molecular complexity index is 757. The van der Waals surface area contributed by atoms with Crippen molar-refractivity contribution in [2.75, 3.05) is 13.2 Å². The van der Waals surface area contributed by atoms with Crippen molar-refractivity contribution < 1.29 is 23.9 Å². The molecular weight excluding hydrogens is 403 g/mol. The molecule has 0 aliphatic carbocycles. The molecule has 1 heterocycles. The number of carbonyl (C=O) groups is 1. The lowest BCUT2D eigenvalue weighted by Gasteiger charge is -2.32. The van der Waals surface area contributed by atoms with Gasteiger partial charge in [-0.2, -0.15) is 0 Å². The first-order chi connectivity index (χ1) is 14.8. The molecule has 0 bridgehead atoms. The number of benzene rings is 1. The van der Waals surface area contributed by atoms with E-state index in [1.165, 1.54) is 0 Å². The van der Waals surface area contributed by atoms with Crippen molar-refractivity contribution in [2.45, 2.75) is 104 Å². The van der Waals surface area contributed by atoms with E-state index in [0.717, 1.165) is 36.7 Å². The summed E-state index contributed by atoms with van der Waals surface area (Å²) in [4.78, 5) is 13.3. The average Bonchev–Trinajstić information content (AvgIpc) is 2.95. The molecule has 0 amide bonds. The van der Waals surface area contributed by atoms with Gasteiger partial charge >= 0.3 is 13.1 Å². The van der Waals surface area contributed by atoms with E-state index in [4.69, 9.17) is 14.0 Å². The SMILES string of the molecule is CCCCOC(=O)C(C)(CCCC(C)(C)CO)c1cccc(B2OC(C)(C)C(C)(C)O2)c1. The lowest BCUT2D eigenvalue weighted by atomic mass is 9.72. The van der Waals surface area contributed by atoms with Crippen LogP contribution in [0.5, 0.6) is 0 Å². The number of esters is 1. The number of hydrogen-bond acceptors (Lipinski definition) is 5. The minimum absolute atomic E-state index is 0.127. The van der Waals surface area contributed by atoms with Crippen LogP contribution < -0.4 is 5.46 Å². The smallest absolute Gasteiger partial charge is 0.465 e. The standard InChI is InChI=1S/C26H43BO5/c1-9-10-17-30-22(29)26(8,16-12-15-23(2,3)19-28)20-13-11-14-21(18-20)27-31-24(4,5)25(6,7)32-27/h11,13-14,18,28H,9-10,12,15-17,19H2,1-8H3. The predicted molar refractivity (Wildman–Crippen MR) is 130 cm³/mol. The molecule has 1 unspecified atom stereocenters.